The third-order valence-electron chi connectivity index (χ3n) is 5.23. The first-order chi connectivity index (χ1) is 14.4. The van der Waals surface area contributed by atoms with E-state index in [2.05, 4.69) is 65.4 Å². The lowest BCUT2D eigenvalue weighted by Crippen LogP contribution is -2.46. The smallest absolute Gasteiger partial charge is 0.328 e. The van der Waals surface area contributed by atoms with Crippen molar-refractivity contribution in [3.63, 3.8) is 0 Å². The molecule has 0 saturated carbocycles. The summed E-state index contributed by atoms with van der Waals surface area (Å²) in [4.78, 5) is 27.1. The lowest BCUT2D eigenvalue weighted by Gasteiger charge is -2.38. The monoisotopic (exact) mass is 426 g/mol. The second-order valence-corrected chi connectivity index (χ2v) is 8.40. The molecule has 0 radical (unpaired) electrons. The zero-order valence-corrected chi connectivity index (χ0v) is 17.7. The van der Waals surface area contributed by atoms with Crippen LogP contribution in [0.1, 0.15) is 17.2 Å². The Morgan fingerprint density at radius 1 is 0.900 bits per heavy atom. The largest absolute Gasteiger partial charge is 0.478 e. The second-order valence-electron chi connectivity index (χ2n) is 7.32. The van der Waals surface area contributed by atoms with Gasteiger partial charge in [-0.05, 0) is 36.7 Å². The van der Waals surface area contributed by atoms with Crippen molar-refractivity contribution in [2.24, 2.45) is 0 Å². The molecule has 2 N–H and O–H groups in total. The van der Waals surface area contributed by atoms with Crippen molar-refractivity contribution in [3.8, 4) is 0 Å². The van der Waals surface area contributed by atoms with E-state index < -0.39 is 11.9 Å². The molecule has 30 heavy (non-hydrogen) atoms. The average Bonchev–Trinajstić information content (AvgIpc) is 2.90. The van der Waals surface area contributed by atoms with Gasteiger partial charge in [0.2, 0.25) is 0 Å². The van der Waals surface area contributed by atoms with E-state index in [0.29, 0.717) is 18.2 Å². The van der Waals surface area contributed by atoms with Crippen molar-refractivity contribution in [1.82, 2.24) is 9.80 Å². The van der Waals surface area contributed by atoms with Crippen LogP contribution in [-0.4, -0.2) is 65.2 Å². The number of benzene rings is 2. The summed E-state index contributed by atoms with van der Waals surface area (Å²) in [7, 11) is 2.23. The predicted octanol–water partition coefficient (Wildman–Crippen LogP) is 3.39. The molecule has 2 aromatic carbocycles. The number of fused-ring (bicyclic) bond motifs is 2. The zero-order valence-electron chi connectivity index (χ0n) is 16.9. The van der Waals surface area contributed by atoms with Crippen molar-refractivity contribution >= 4 is 23.7 Å². The molecule has 1 unspecified atom stereocenters. The third-order valence-corrected chi connectivity index (χ3v) is 6.44. The molecular weight excluding hydrogens is 400 g/mol. The molecule has 2 aliphatic rings. The van der Waals surface area contributed by atoms with E-state index in [1.54, 1.807) is 0 Å². The number of hydrogen-bond acceptors (Lipinski definition) is 5. The van der Waals surface area contributed by atoms with E-state index in [4.69, 9.17) is 10.2 Å². The van der Waals surface area contributed by atoms with Gasteiger partial charge in [0, 0.05) is 54.2 Å². The zero-order chi connectivity index (χ0) is 21.5. The van der Waals surface area contributed by atoms with Gasteiger partial charge in [-0.25, -0.2) is 9.59 Å². The topological polar surface area (TPSA) is 81.1 Å². The van der Waals surface area contributed by atoms with Crippen LogP contribution >= 0.6 is 11.8 Å². The number of piperazine rings is 1. The minimum atomic E-state index is -1.26. The Kier molecular flexibility index (Phi) is 7.68. The molecule has 2 heterocycles. The van der Waals surface area contributed by atoms with Gasteiger partial charge in [0.25, 0.3) is 0 Å². The van der Waals surface area contributed by atoms with Crippen LogP contribution in [0.15, 0.2) is 70.5 Å². The fourth-order valence-corrected chi connectivity index (χ4v) is 4.79. The van der Waals surface area contributed by atoms with Crippen molar-refractivity contribution in [2.45, 2.75) is 22.3 Å². The van der Waals surface area contributed by atoms with Crippen molar-refractivity contribution < 1.29 is 19.8 Å². The first kappa shape index (κ1) is 22.1. The number of carbonyl (C=O) groups is 2. The minimum Gasteiger partial charge on any atom is -0.478 e. The average molecular weight is 427 g/mol. The van der Waals surface area contributed by atoms with Crippen LogP contribution in [0.25, 0.3) is 0 Å². The number of aliphatic carboxylic acids is 2. The van der Waals surface area contributed by atoms with E-state index in [1.807, 2.05) is 11.8 Å². The van der Waals surface area contributed by atoms with Crippen LogP contribution in [0.4, 0.5) is 0 Å². The van der Waals surface area contributed by atoms with Gasteiger partial charge in [-0.2, -0.15) is 0 Å². The molecule has 6 nitrogen and oxygen atoms in total. The lowest BCUT2D eigenvalue weighted by molar-refractivity contribution is -0.134. The van der Waals surface area contributed by atoms with Gasteiger partial charge < -0.3 is 15.1 Å². The molecule has 0 bridgehead atoms. The summed E-state index contributed by atoms with van der Waals surface area (Å²) in [6.07, 6.45) is 2.24. The van der Waals surface area contributed by atoms with Crippen molar-refractivity contribution in [3.05, 3.63) is 71.8 Å². The molecule has 158 valence electrons. The summed E-state index contributed by atoms with van der Waals surface area (Å²) in [5, 5.41) is 15.6. The highest BCUT2D eigenvalue weighted by atomic mass is 32.2. The van der Waals surface area contributed by atoms with E-state index in [0.717, 1.165) is 6.42 Å². The molecule has 7 heteroatoms. The Labute approximate surface area is 180 Å². The van der Waals surface area contributed by atoms with Crippen LogP contribution in [-0.2, 0) is 16.0 Å². The normalized spacial score (nSPS) is 19.2. The summed E-state index contributed by atoms with van der Waals surface area (Å²) >= 11 is 1.93. The Morgan fingerprint density at radius 3 is 2.10 bits per heavy atom. The number of carboxylic acids is 2. The van der Waals surface area contributed by atoms with Crippen molar-refractivity contribution in [1.29, 1.82) is 0 Å². The van der Waals surface area contributed by atoms with Crippen LogP contribution < -0.4 is 0 Å². The Hall–Kier alpha value is -2.61. The van der Waals surface area contributed by atoms with E-state index in [-0.39, 0.29) is 0 Å². The van der Waals surface area contributed by atoms with Gasteiger partial charge in [0.05, 0.1) is 0 Å². The molecule has 0 amide bonds. The molecule has 1 saturated heterocycles. The van der Waals surface area contributed by atoms with Gasteiger partial charge in [-0.15, -0.1) is 0 Å². The fraction of sp³-hybridized carbons (Fsp3) is 0.304. The molecule has 1 atom stereocenters. The van der Waals surface area contributed by atoms with Gasteiger partial charge in [-0.1, -0.05) is 48.2 Å². The van der Waals surface area contributed by atoms with E-state index in [9.17, 15) is 9.59 Å². The fourth-order valence-electron chi connectivity index (χ4n) is 3.66. The molecule has 0 spiro atoms. The maximum Gasteiger partial charge on any atom is 0.328 e. The first-order valence-corrected chi connectivity index (χ1v) is 10.7. The number of nitrogens with zero attached hydrogens (tertiary/aromatic N) is 2. The molecular formula is C23H26N2O4S. The Morgan fingerprint density at radius 2 is 1.47 bits per heavy atom. The summed E-state index contributed by atoms with van der Waals surface area (Å²) in [6.45, 7) is 4.69. The Balaban J connectivity index is 0.000000275. The standard InChI is InChI=1S/C19H22N2S.C4H4O4/c1-20-10-12-21(13-11-20)17-14-15-6-2-4-8-18(15)22-19-9-5-3-7-16(17)19;5-3(6)1-2-4(7)8/h2-9,17H,10-14H2,1H3;1-2H,(H,5,6)(H,7,8). The molecule has 0 aliphatic carbocycles. The van der Waals surface area contributed by atoms with Gasteiger partial charge in [0.15, 0.2) is 0 Å². The van der Waals surface area contributed by atoms with E-state index in [1.165, 1.54) is 47.1 Å². The molecule has 2 aliphatic heterocycles. The number of likely N-dealkylation sites (N-methyl/N-ethyl adjacent to an activating group) is 1. The van der Waals surface area contributed by atoms with Crippen LogP contribution in [0.2, 0.25) is 0 Å². The summed E-state index contributed by atoms with van der Waals surface area (Å²) in [5.74, 6) is -2.51. The van der Waals surface area contributed by atoms with Gasteiger partial charge in [-0.3, -0.25) is 4.90 Å². The summed E-state index contributed by atoms with van der Waals surface area (Å²) in [5.41, 5.74) is 3.00. The molecule has 4 rings (SSSR count). The highest BCUT2D eigenvalue weighted by Gasteiger charge is 2.28. The number of hydrogen-bond donors (Lipinski definition) is 2. The lowest BCUT2D eigenvalue weighted by atomic mass is 9.97. The van der Waals surface area contributed by atoms with Crippen LogP contribution in [0.3, 0.4) is 0 Å². The van der Waals surface area contributed by atoms with E-state index >= 15 is 0 Å². The van der Waals surface area contributed by atoms with Crippen molar-refractivity contribution in [2.75, 3.05) is 33.2 Å². The maximum atomic E-state index is 9.55. The number of rotatable bonds is 3. The van der Waals surface area contributed by atoms with Gasteiger partial charge in [0.1, 0.15) is 0 Å². The number of carboxylic acid groups (broad SMARTS) is 2. The minimum absolute atomic E-state index is 0.515. The highest BCUT2D eigenvalue weighted by molar-refractivity contribution is 7.99. The maximum absolute atomic E-state index is 9.55. The Bertz CT molecular complexity index is 907. The molecule has 2 aromatic rings. The first-order valence-electron chi connectivity index (χ1n) is 9.85. The third kappa shape index (κ3) is 5.95. The summed E-state index contributed by atoms with van der Waals surface area (Å²) in [6, 6.07) is 18.4. The van der Waals surface area contributed by atoms with Gasteiger partial charge >= 0.3 is 11.9 Å². The molecule has 1 fully saturated rings. The SMILES string of the molecule is CN1CCN(C2Cc3ccccc3Sc3ccccc32)CC1.O=C(O)C=CC(=O)O. The second kappa shape index (κ2) is 10.4. The summed E-state index contributed by atoms with van der Waals surface area (Å²) < 4.78 is 0. The predicted molar refractivity (Wildman–Crippen MR) is 117 cm³/mol. The van der Waals surface area contributed by atoms with Crippen LogP contribution in [0, 0.1) is 0 Å². The molecule has 0 aromatic heterocycles. The highest BCUT2D eigenvalue weighted by Crippen LogP contribution is 2.42. The van der Waals surface area contributed by atoms with Crippen LogP contribution in [0.5, 0.6) is 0 Å². The quantitative estimate of drug-likeness (QED) is 0.728.